The summed E-state index contributed by atoms with van der Waals surface area (Å²) >= 11 is 1.50. The van der Waals surface area contributed by atoms with Crippen LogP contribution in [0.4, 0.5) is 0 Å². The summed E-state index contributed by atoms with van der Waals surface area (Å²) in [7, 11) is 4.23. The van der Waals surface area contributed by atoms with Gasteiger partial charge in [0.05, 0.1) is 5.69 Å². The third-order valence-electron chi connectivity index (χ3n) is 5.37. The number of likely N-dealkylation sites (tertiary alicyclic amines) is 1. The molecule has 1 amide bonds. The third-order valence-corrected chi connectivity index (χ3v) is 6.46. The predicted octanol–water partition coefficient (Wildman–Crippen LogP) is 4.64. The Bertz CT molecular complexity index is 929. The topological polar surface area (TPSA) is 36.4 Å². The van der Waals surface area contributed by atoms with Crippen LogP contribution in [0.15, 0.2) is 60.7 Å². The number of hydrogen-bond acceptors (Lipinski definition) is 4. The summed E-state index contributed by atoms with van der Waals surface area (Å²) in [5.74, 6) is 0.107. The first-order valence-electron chi connectivity index (χ1n) is 9.71. The van der Waals surface area contributed by atoms with Crippen LogP contribution in [0.25, 0.3) is 21.8 Å². The molecule has 0 atom stereocenters. The first kappa shape index (κ1) is 18.8. The smallest absolute Gasteiger partial charge is 0.266 e. The molecule has 0 saturated carbocycles. The molecule has 1 aliphatic rings. The van der Waals surface area contributed by atoms with Crippen molar-refractivity contribution in [2.45, 2.75) is 18.9 Å². The van der Waals surface area contributed by atoms with Crippen molar-refractivity contribution in [3.8, 4) is 21.8 Å². The minimum Gasteiger partial charge on any atom is -0.338 e. The van der Waals surface area contributed by atoms with Gasteiger partial charge in [0.25, 0.3) is 5.91 Å². The van der Waals surface area contributed by atoms with Crippen molar-refractivity contribution in [1.82, 2.24) is 14.8 Å². The molecule has 0 bridgehead atoms. The van der Waals surface area contributed by atoms with Gasteiger partial charge in [0.1, 0.15) is 9.88 Å². The Kier molecular flexibility index (Phi) is 5.55. The van der Waals surface area contributed by atoms with E-state index in [9.17, 15) is 4.79 Å². The molecule has 2 aromatic carbocycles. The molecule has 2 heterocycles. The van der Waals surface area contributed by atoms with Crippen LogP contribution >= 0.6 is 11.3 Å². The maximum absolute atomic E-state index is 13.4. The van der Waals surface area contributed by atoms with Crippen molar-refractivity contribution in [3.63, 3.8) is 0 Å². The van der Waals surface area contributed by atoms with Crippen LogP contribution < -0.4 is 0 Å². The molecule has 0 unspecified atom stereocenters. The van der Waals surface area contributed by atoms with E-state index in [-0.39, 0.29) is 5.91 Å². The summed E-state index contributed by atoms with van der Waals surface area (Å²) < 4.78 is 0. The van der Waals surface area contributed by atoms with Crippen LogP contribution in [0.1, 0.15) is 22.5 Å². The van der Waals surface area contributed by atoms with Crippen LogP contribution in [0.3, 0.4) is 0 Å². The number of carbonyl (C=O) groups is 1. The van der Waals surface area contributed by atoms with Gasteiger partial charge in [0.15, 0.2) is 0 Å². The van der Waals surface area contributed by atoms with Crippen molar-refractivity contribution in [2.75, 3.05) is 27.2 Å². The molecule has 4 rings (SSSR count). The molecule has 3 aromatic rings. The Balaban J connectivity index is 1.67. The van der Waals surface area contributed by atoms with Gasteiger partial charge in [-0.15, -0.1) is 11.3 Å². The van der Waals surface area contributed by atoms with E-state index < -0.39 is 0 Å². The number of piperidine rings is 1. The van der Waals surface area contributed by atoms with Crippen LogP contribution in [0, 0.1) is 0 Å². The highest BCUT2D eigenvalue weighted by atomic mass is 32.1. The van der Waals surface area contributed by atoms with E-state index in [0.29, 0.717) is 6.04 Å². The molecule has 4 nitrogen and oxygen atoms in total. The molecule has 1 aliphatic heterocycles. The molecular formula is C23H25N3OS. The summed E-state index contributed by atoms with van der Waals surface area (Å²) in [5, 5.41) is 0.894. The van der Waals surface area contributed by atoms with Crippen molar-refractivity contribution in [3.05, 3.63) is 65.5 Å². The van der Waals surface area contributed by atoms with Gasteiger partial charge < -0.3 is 9.80 Å². The molecule has 0 spiro atoms. The number of rotatable bonds is 4. The minimum absolute atomic E-state index is 0.107. The largest absolute Gasteiger partial charge is 0.338 e. The van der Waals surface area contributed by atoms with Crippen molar-refractivity contribution in [2.24, 2.45) is 0 Å². The van der Waals surface area contributed by atoms with Crippen molar-refractivity contribution < 1.29 is 4.79 Å². The summed E-state index contributed by atoms with van der Waals surface area (Å²) in [4.78, 5) is 23.3. The highest BCUT2D eigenvalue weighted by Gasteiger charge is 2.28. The zero-order valence-corrected chi connectivity index (χ0v) is 17.2. The molecule has 5 heteroatoms. The Labute approximate surface area is 170 Å². The normalized spacial score (nSPS) is 15.2. The Hall–Kier alpha value is -2.50. The Morgan fingerprint density at radius 2 is 1.54 bits per heavy atom. The van der Waals surface area contributed by atoms with Crippen molar-refractivity contribution in [1.29, 1.82) is 0 Å². The van der Waals surface area contributed by atoms with E-state index in [1.54, 1.807) is 0 Å². The van der Waals surface area contributed by atoms with E-state index in [0.717, 1.165) is 52.6 Å². The lowest BCUT2D eigenvalue weighted by molar-refractivity contribution is 0.0668. The molecule has 0 aliphatic carbocycles. The van der Waals surface area contributed by atoms with Gasteiger partial charge in [0.2, 0.25) is 0 Å². The lowest BCUT2D eigenvalue weighted by Gasteiger charge is -2.35. The number of hydrogen-bond donors (Lipinski definition) is 0. The van der Waals surface area contributed by atoms with E-state index in [1.807, 2.05) is 65.6 Å². The van der Waals surface area contributed by atoms with E-state index in [4.69, 9.17) is 4.98 Å². The van der Waals surface area contributed by atoms with Gasteiger partial charge in [-0.1, -0.05) is 60.7 Å². The van der Waals surface area contributed by atoms with Gasteiger partial charge in [-0.05, 0) is 26.9 Å². The number of nitrogens with zero attached hydrogens (tertiary/aromatic N) is 3. The average molecular weight is 392 g/mol. The molecule has 144 valence electrons. The molecular weight excluding hydrogens is 366 g/mol. The molecule has 28 heavy (non-hydrogen) atoms. The monoisotopic (exact) mass is 391 g/mol. The standard InChI is InChI=1S/C23H25N3OS/c1-25(2)19-13-15-26(16-14-19)23(27)21-20(17-9-5-3-6-10-17)24-22(28-21)18-11-7-4-8-12-18/h3-12,19H,13-16H2,1-2H3. The van der Waals surface area contributed by atoms with Gasteiger partial charge in [-0.2, -0.15) is 0 Å². The van der Waals surface area contributed by atoms with Crippen LogP contribution in [-0.2, 0) is 0 Å². The van der Waals surface area contributed by atoms with Gasteiger partial charge in [-0.25, -0.2) is 4.98 Å². The number of carbonyl (C=O) groups excluding carboxylic acids is 1. The van der Waals surface area contributed by atoms with Gasteiger partial charge >= 0.3 is 0 Å². The summed E-state index contributed by atoms with van der Waals surface area (Å²) in [6.45, 7) is 1.60. The van der Waals surface area contributed by atoms with E-state index in [2.05, 4.69) is 19.0 Å². The van der Waals surface area contributed by atoms with Crippen LogP contribution in [0.2, 0.25) is 0 Å². The van der Waals surface area contributed by atoms with E-state index >= 15 is 0 Å². The van der Waals surface area contributed by atoms with E-state index in [1.165, 1.54) is 11.3 Å². The summed E-state index contributed by atoms with van der Waals surface area (Å²) in [6, 6.07) is 20.7. The second kappa shape index (κ2) is 8.25. The zero-order chi connectivity index (χ0) is 19.5. The van der Waals surface area contributed by atoms with Crippen LogP contribution in [0.5, 0.6) is 0 Å². The summed E-state index contributed by atoms with van der Waals surface area (Å²) in [5.41, 5.74) is 2.84. The first-order valence-corrected chi connectivity index (χ1v) is 10.5. The average Bonchev–Trinajstić information content (AvgIpc) is 3.20. The number of amides is 1. The fourth-order valence-corrected chi connectivity index (χ4v) is 4.75. The lowest BCUT2D eigenvalue weighted by atomic mass is 10.0. The number of aromatic nitrogens is 1. The summed E-state index contributed by atoms with van der Waals surface area (Å²) in [6.07, 6.45) is 2.04. The number of thiazole rings is 1. The highest BCUT2D eigenvalue weighted by Crippen LogP contribution is 2.35. The molecule has 0 N–H and O–H groups in total. The second-order valence-corrected chi connectivity index (χ2v) is 8.41. The minimum atomic E-state index is 0.107. The van der Waals surface area contributed by atoms with Gasteiger partial charge in [-0.3, -0.25) is 4.79 Å². The predicted molar refractivity (Wildman–Crippen MR) is 116 cm³/mol. The quantitative estimate of drug-likeness (QED) is 0.650. The molecule has 1 aromatic heterocycles. The molecule has 1 saturated heterocycles. The highest BCUT2D eigenvalue weighted by molar-refractivity contribution is 7.17. The molecule has 0 radical (unpaired) electrons. The Morgan fingerprint density at radius 1 is 0.964 bits per heavy atom. The van der Waals surface area contributed by atoms with Gasteiger partial charge in [0, 0.05) is 30.3 Å². The third kappa shape index (κ3) is 3.86. The fourth-order valence-electron chi connectivity index (χ4n) is 3.69. The SMILES string of the molecule is CN(C)C1CCN(C(=O)c2sc(-c3ccccc3)nc2-c2ccccc2)CC1. The molecule has 1 fully saturated rings. The maximum Gasteiger partial charge on any atom is 0.266 e. The second-order valence-electron chi connectivity index (χ2n) is 7.42. The fraction of sp³-hybridized carbons (Fsp3) is 0.304. The maximum atomic E-state index is 13.4. The number of benzene rings is 2. The van der Waals surface area contributed by atoms with Crippen LogP contribution in [-0.4, -0.2) is 53.9 Å². The van der Waals surface area contributed by atoms with Crippen molar-refractivity contribution >= 4 is 17.2 Å². The lowest BCUT2D eigenvalue weighted by Crippen LogP contribution is -2.44. The Morgan fingerprint density at radius 3 is 2.11 bits per heavy atom. The zero-order valence-electron chi connectivity index (χ0n) is 16.3. The first-order chi connectivity index (χ1) is 13.6.